The molecule has 1 aliphatic rings. The van der Waals surface area contributed by atoms with Crippen molar-refractivity contribution >= 4 is 17.8 Å². The Hall–Kier alpha value is -3.94. The van der Waals surface area contributed by atoms with E-state index in [9.17, 15) is 19.5 Å². The Labute approximate surface area is 190 Å². The van der Waals surface area contributed by atoms with Crippen molar-refractivity contribution in [2.45, 2.75) is 32.6 Å². The number of hydrogen-bond acceptors (Lipinski definition) is 5. The standard InChI is InChI=1S/C25H26N4O4/c1-2-17-8-4-5-9-21(17)29-24(32)20(22(30)27-25(29)33)16-26-19-12-10-18(11-13-19)23(31)28-14-6-3-7-15-28/h4-5,8-13,16,32H,2-3,6-7,14-15H2,1H3,(H,27,30,33). The van der Waals surface area contributed by atoms with Crippen molar-refractivity contribution in [1.82, 2.24) is 14.5 Å². The number of aromatic amines is 1. The summed E-state index contributed by atoms with van der Waals surface area (Å²) in [6.07, 6.45) is 5.07. The highest BCUT2D eigenvalue weighted by atomic mass is 16.3. The fourth-order valence-electron chi connectivity index (χ4n) is 4.02. The predicted molar refractivity (Wildman–Crippen MR) is 127 cm³/mol. The zero-order chi connectivity index (χ0) is 23.4. The molecule has 0 spiro atoms. The maximum Gasteiger partial charge on any atom is 0.335 e. The van der Waals surface area contributed by atoms with Crippen LogP contribution in [0.4, 0.5) is 5.69 Å². The van der Waals surface area contributed by atoms with E-state index in [4.69, 9.17) is 0 Å². The maximum absolute atomic E-state index is 12.6. The first-order chi connectivity index (χ1) is 16.0. The summed E-state index contributed by atoms with van der Waals surface area (Å²) >= 11 is 0. The van der Waals surface area contributed by atoms with Crippen LogP contribution in [0.5, 0.6) is 5.88 Å². The van der Waals surface area contributed by atoms with E-state index < -0.39 is 17.1 Å². The van der Waals surface area contributed by atoms with Crippen molar-refractivity contribution in [3.05, 3.63) is 86.1 Å². The van der Waals surface area contributed by atoms with E-state index in [0.29, 0.717) is 23.4 Å². The summed E-state index contributed by atoms with van der Waals surface area (Å²) in [5.74, 6) is -0.480. The van der Waals surface area contributed by atoms with Crippen LogP contribution in [0, 0.1) is 0 Å². The highest BCUT2D eigenvalue weighted by Gasteiger charge is 2.18. The van der Waals surface area contributed by atoms with Crippen LogP contribution in [0.3, 0.4) is 0 Å². The molecule has 0 atom stereocenters. The number of amides is 1. The van der Waals surface area contributed by atoms with Crippen LogP contribution < -0.4 is 11.2 Å². The molecule has 0 aliphatic carbocycles. The van der Waals surface area contributed by atoms with Crippen LogP contribution in [0.25, 0.3) is 5.69 Å². The quantitative estimate of drug-likeness (QED) is 0.587. The van der Waals surface area contributed by atoms with E-state index in [1.54, 1.807) is 36.4 Å². The Balaban J connectivity index is 1.63. The van der Waals surface area contributed by atoms with Gasteiger partial charge in [-0.25, -0.2) is 9.36 Å². The summed E-state index contributed by atoms with van der Waals surface area (Å²) in [6.45, 7) is 3.49. The number of carbonyl (C=O) groups excluding carboxylic acids is 1. The number of rotatable bonds is 5. The van der Waals surface area contributed by atoms with Crippen molar-refractivity contribution < 1.29 is 9.90 Å². The summed E-state index contributed by atoms with van der Waals surface area (Å²) in [4.78, 5) is 45.8. The molecule has 1 aromatic heterocycles. The van der Waals surface area contributed by atoms with E-state index in [-0.39, 0.29) is 11.5 Å². The summed E-state index contributed by atoms with van der Waals surface area (Å²) < 4.78 is 1.07. The molecular weight excluding hydrogens is 420 g/mol. The van der Waals surface area contributed by atoms with Gasteiger partial charge < -0.3 is 10.0 Å². The van der Waals surface area contributed by atoms with Gasteiger partial charge >= 0.3 is 5.69 Å². The van der Waals surface area contributed by atoms with Crippen LogP contribution in [0.2, 0.25) is 0 Å². The smallest absolute Gasteiger partial charge is 0.335 e. The lowest BCUT2D eigenvalue weighted by atomic mass is 10.1. The third kappa shape index (κ3) is 4.64. The average molecular weight is 447 g/mol. The first kappa shape index (κ1) is 22.3. The number of para-hydroxylation sites is 1. The molecule has 0 unspecified atom stereocenters. The van der Waals surface area contributed by atoms with Gasteiger partial charge in [0.15, 0.2) is 0 Å². The lowest BCUT2D eigenvalue weighted by Gasteiger charge is -2.26. The predicted octanol–water partition coefficient (Wildman–Crippen LogP) is 3.17. The largest absolute Gasteiger partial charge is 0.493 e. The molecule has 2 N–H and O–H groups in total. The molecule has 3 aromatic rings. The van der Waals surface area contributed by atoms with Crippen LogP contribution in [0.15, 0.2) is 63.1 Å². The number of hydrogen-bond donors (Lipinski definition) is 2. The Kier molecular flexibility index (Phi) is 6.53. The lowest BCUT2D eigenvalue weighted by Crippen LogP contribution is -2.35. The zero-order valence-corrected chi connectivity index (χ0v) is 18.5. The van der Waals surface area contributed by atoms with E-state index in [2.05, 4.69) is 9.98 Å². The minimum Gasteiger partial charge on any atom is -0.493 e. The van der Waals surface area contributed by atoms with Gasteiger partial charge in [-0.15, -0.1) is 0 Å². The summed E-state index contributed by atoms with van der Waals surface area (Å²) in [7, 11) is 0. The summed E-state index contributed by atoms with van der Waals surface area (Å²) in [5.41, 5.74) is 0.846. The number of H-pyrrole nitrogens is 1. The topological polar surface area (TPSA) is 108 Å². The fourth-order valence-corrected chi connectivity index (χ4v) is 4.02. The molecule has 2 heterocycles. The molecule has 4 rings (SSSR count). The fraction of sp³-hybridized carbons (Fsp3) is 0.280. The second-order valence-electron chi connectivity index (χ2n) is 7.97. The number of carbonyl (C=O) groups is 1. The van der Waals surface area contributed by atoms with E-state index in [1.807, 2.05) is 24.0 Å². The zero-order valence-electron chi connectivity index (χ0n) is 18.5. The van der Waals surface area contributed by atoms with Gasteiger partial charge in [0.25, 0.3) is 11.5 Å². The third-order valence-corrected chi connectivity index (χ3v) is 5.83. The SMILES string of the molecule is CCc1ccccc1-n1c(O)c(C=Nc2ccc(C(=O)N3CCCCC3)cc2)c(=O)[nH]c1=O. The van der Waals surface area contributed by atoms with Crippen LogP contribution in [-0.4, -0.2) is 44.8 Å². The number of piperidine rings is 1. The number of aromatic hydroxyl groups is 1. The lowest BCUT2D eigenvalue weighted by molar-refractivity contribution is 0.0724. The van der Waals surface area contributed by atoms with Crippen molar-refractivity contribution in [3.8, 4) is 11.6 Å². The number of aliphatic imine (C=N–C) groups is 1. The minimum atomic E-state index is -0.733. The summed E-state index contributed by atoms with van der Waals surface area (Å²) in [6, 6.07) is 13.9. The molecule has 170 valence electrons. The van der Waals surface area contributed by atoms with E-state index in [1.165, 1.54) is 6.21 Å². The van der Waals surface area contributed by atoms with Crippen molar-refractivity contribution in [3.63, 3.8) is 0 Å². The average Bonchev–Trinajstić information content (AvgIpc) is 2.84. The number of likely N-dealkylation sites (tertiary alicyclic amines) is 1. The van der Waals surface area contributed by atoms with Gasteiger partial charge in [0, 0.05) is 24.9 Å². The van der Waals surface area contributed by atoms with Gasteiger partial charge in [-0.2, -0.15) is 0 Å². The first-order valence-electron chi connectivity index (χ1n) is 11.1. The third-order valence-electron chi connectivity index (χ3n) is 5.83. The molecule has 1 saturated heterocycles. The first-order valence-corrected chi connectivity index (χ1v) is 11.1. The normalized spacial score (nSPS) is 14.0. The van der Waals surface area contributed by atoms with Gasteiger partial charge in [0.2, 0.25) is 5.88 Å². The molecule has 1 aliphatic heterocycles. The van der Waals surface area contributed by atoms with Gasteiger partial charge in [0.05, 0.1) is 11.4 Å². The number of aromatic nitrogens is 2. The number of nitrogens with zero attached hydrogens (tertiary/aromatic N) is 3. The number of benzene rings is 2. The molecule has 1 amide bonds. The summed E-state index contributed by atoms with van der Waals surface area (Å²) in [5, 5.41) is 10.8. The molecule has 0 saturated carbocycles. The van der Waals surface area contributed by atoms with Gasteiger partial charge in [-0.05, 0) is 61.6 Å². The molecule has 8 heteroatoms. The molecule has 33 heavy (non-hydrogen) atoms. The van der Waals surface area contributed by atoms with Gasteiger partial charge in [-0.1, -0.05) is 25.1 Å². The van der Waals surface area contributed by atoms with Gasteiger partial charge in [0.1, 0.15) is 5.56 Å². The monoisotopic (exact) mass is 446 g/mol. The molecule has 1 fully saturated rings. The Bertz CT molecular complexity index is 1300. The highest BCUT2D eigenvalue weighted by Crippen LogP contribution is 2.21. The van der Waals surface area contributed by atoms with Crippen LogP contribution in [0.1, 0.15) is 47.7 Å². The maximum atomic E-state index is 12.6. The molecular formula is C25H26N4O4. The second kappa shape index (κ2) is 9.68. The highest BCUT2D eigenvalue weighted by molar-refractivity contribution is 5.94. The Morgan fingerprint density at radius 3 is 2.45 bits per heavy atom. The van der Waals surface area contributed by atoms with Crippen molar-refractivity contribution in [1.29, 1.82) is 0 Å². The molecule has 0 radical (unpaired) electrons. The van der Waals surface area contributed by atoms with Crippen molar-refractivity contribution in [2.75, 3.05) is 13.1 Å². The number of nitrogens with one attached hydrogen (secondary N) is 1. The Morgan fingerprint density at radius 2 is 1.76 bits per heavy atom. The molecule has 2 aromatic carbocycles. The minimum absolute atomic E-state index is 0.000911. The molecule has 0 bridgehead atoms. The van der Waals surface area contributed by atoms with E-state index >= 15 is 0 Å². The van der Waals surface area contributed by atoms with Gasteiger partial charge in [-0.3, -0.25) is 19.6 Å². The van der Waals surface area contributed by atoms with E-state index in [0.717, 1.165) is 42.5 Å². The van der Waals surface area contributed by atoms with Crippen LogP contribution >= 0.6 is 0 Å². The number of aryl methyl sites for hydroxylation is 1. The van der Waals surface area contributed by atoms with Crippen LogP contribution in [-0.2, 0) is 6.42 Å². The second-order valence-corrected chi connectivity index (χ2v) is 7.97. The van der Waals surface area contributed by atoms with Crippen molar-refractivity contribution in [2.24, 2.45) is 4.99 Å². The molecule has 8 nitrogen and oxygen atoms in total. The Morgan fingerprint density at radius 1 is 1.06 bits per heavy atom.